The molecule has 1 fully saturated rings. The molecular formula is C23H21N3O6S. The van der Waals surface area contributed by atoms with E-state index in [1.54, 1.807) is 6.92 Å². The molecule has 0 bridgehead atoms. The van der Waals surface area contributed by atoms with Gasteiger partial charge in [-0.25, -0.2) is 4.79 Å². The normalized spacial score (nSPS) is 19.4. The molecule has 0 saturated carbocycles. The van der Waals surface area contributed by atoms with Crippen molar-refractivity contribution < 1.29 is 24.0 Å². The number of carbonyl (C=O) groups is 3. The summed E-state index contributed by atoms with van der Waals surface area (Å²) in [5, 5.41) is 13.2. The van der Waals surface area contributed by atoms with E-state index < -0.39 is 16.9 Å². The highest BCUT2D eigenvalue weighted by Crippen LogP contribution is 2.40. The van der Waals surface area contributed by atoms with Crippen LogP contribution in [0, 0.1) is 10.1 Å². The van der Waals surface area contributed by atoms with Gasteiger partial charge in [0.1, 0.15) is 23.7 Å². The highest BCUT2D eigenvalue weighted by molar-refractivity contribution is 8.00. The third-order valence-electron chi connectivity index (χ3n) is 5.39. The van der Waals surface area contributed by atoms with E-state index in [4.69, 9.17) is 4.74 Å². The van der Waals surface area contributed by atoms with Gasteiger partial charge in [0.25, 0.3) is 11.6 Å². The lowest BCUT2D eigenvalue weighted by atomic mass is 10.0. The van der Waals surface area contributed by atoms with E-state index in [0.29, 0.717) is 16.9 Å². The van der Waals surface area contributed by atoms with Crippen molar-refractivity contribution in [3.63, 3.8) is 0 Å². The molecule has 2 aromatic carbocycles. The quantitative estimate of drug-likeness (QED) is 0.288. The van der Waals surface area contributed by atoms with E-state index in [9.17, 15) is 24.5 Å². The number of rotatable bonds is 7. The van der Waals surface area contributed by atoms with Crippen molar-refractivity contribution in [1.29, 1.82) is 0 Å². The summed E-state index contributed by atoms with van der Waals surface area (Å²) in [6, 6.07) is 14.2. The van der Waals surface area contributed by atoms with E-state index in [2.05, 4.69) is 5.32 Å². The average Bonchev–Trinajstić information content (AvgIpc) is 2.81. The zero-order valence-electron chi connectivity index (χ0n) is 17.7. The SMILES string of the molecule is CC1=C(C(=O)OCc2ccc([N+](=O)[O-])cc2)N2C(=O)[C@@H](NC(=O)Cc3ccccc3)[C@H]2SC1. The highest BCUT2D eigenvalue weighted by Gasteiger charge is 2.53. The number of nitrogens with one attached hydrogen (secondary N) is 1. The molecule has 0 aliphatic carbocycles. The summed E-state index contributed by atoms with van der Waals surface area (Å²) in [6.45, 7) is 1.69. The highest BCUT2D eigenvalue weighted by atomic mass is 32.2. The largest absolute Gasteiger partial charge is 0.456 e. The summed E-state index contributed by atoms with van der Waals surface area (Å²) in [5.74, 6) is -0.719. The maximum absolute atomic E-state index is 12.8. The second kappa shape index (κ2) is 9.45. The second-order valence-corrected chi connectivity index (χ2v) is 8.85. The van der Waals surface area contributed by atoms with E-state index in [0.717, 1.165) is 5.56 Å². The van der Waals surface area contributed by atoms with Gasteiger partial charge in [-0.2, -0.15) is 0 Å². The third-order valence-corrected chi connectivity index (χ3v) is 6.82. The minimum atomic E-state index is -0.697. The summed E-state index contributed by atoms with van der Waals surface area (Å²) in [5.41, 5.74) is 2.30. The van der Waals surface area contributed by atoms with Crippen LogP contribution in [0.2, 0.25) is 0 Å². The first-order valence-corrected chi connectivity index (χ1v) is 11.3. The molecular weight excluding hydrogens is 446 g/mol. The first-order chi connectivity index (χ1) is 15.8. The van der Waals surface area contributed by atoms with Crippen molar-refractivity contribution >= 4 is 35.2 Å². The first kappa shape index (κ1) is 22.5. The summed E-state index contributed by atoms with van der Waals surface area (Å²) in [7, 11) is 0. The van der Waals surface area contributed by atoms with Gasteiger partial charge in [-0.15, -0.1) is 11.8 Å². The lowest BCUT2D eigenvalue weighted by Crippen LogP contribution is -2.70. The Balaban J connectivity index is 1.37. The Hall–Kier alpha value is -3.66. The van der Waals surface area contributed by atoms with Gasteiger partial charge in [0.15, 0.2) is 0 Å². The van der Waals surface area contributed by atoms with Gasteiger partial charge in [0.05, 0.1) is 11.3 Å². The number of hydrogen-bond donors (Lipinski definition) is 1. The summed E-state index contributed by atoms with van der Waals surface area (Å²) in [4.78, 5) is 49.6. The molecule has 1 saturated heterocycles. The van der Waals surface area contributed by atoms with E-state index in [-0.39, 0.29) is 41.6 Å². The zero-order valence-corrected chi connectivity index (χ0v) is 18.5. The number of nitro benzene ring substituents is 1. The number of fused-ring (bicyclic) bond motifs is 1. The smallest absolute Gasteiger partial charge is 0.355 e. The first-order valence-electron chi connectivity index (χ1n) is 10.2. The Bertz CT molecular complexity index is 1130. The van der Waals surface area contributed by atoms with Gasteiger partial charge in [-0.05, 0) is 35.8 Å². The Morgan fingerprint density at radius 2 is 1.85 bits per heavy atom. The van der Waals surface area contributed by atoms with Crippen LogP contribution in [0.5, 0.6) is 0 Å². The third kappa shape index (κ3) is 4.75. The summed E-state index contributed by atoms with van der Waals surface area (Å²) >= 11 is 1.48. The molecule has 4 rings (SSSR count). The zero-order chi connectivity index (χ0) is 23.5. The number of benzene rings is 2. The number of nitrogens with zero attached hydrogens (tertiary/aromatic N) is 2. The molecule has 0 aromatic heterocycles. The molecule has 2 atom stereocenters. The number of thioether (sulfide) groups is 1. The van der Waals surface area contributed by atoms with Crippen molar-refractivity contribution in [2.45, 2.75) is 31.4 Å². The fraction of sp³-hybridized carbons (Fsp3) is 0.261. The Kier molecular flexibility index (Phi) is 6.45. The topological polar surface area (TPSA) is 119 Å². The van der Waals surface area contributed by atoms with Crippen LogP contribution in [0.25, 0.3) is 0 Å². The van der Waals surface area contributed by atoms with E-state index >= 15 is 0 Å². The van der Waals surface area contributed by atoms with Crippen LogP contribution < -0.4 is 5.32 Å². The van der Waals surface area contributed by atoms with Gasteiger partial charge in [-0.3, -0.25) is 24.6 Å². The van der Waals surface area contributed by atoms with Crippen molar-refractivity contribution in [3.05, 3.63) is 87.1 Å². The number of carbonyl (C=O) groups excluding carboxylic acids is 3. The number of non-ortho nitro benzene ring substituents is 1. The Labute approximate surface area is 193 Å². The molecule has 170 valence electrons. The lowest BCUT2D eigenvalue weighted by Gasteiger charge is -2.49. The standard InChI is InChI=1S/C23H21N3O6S/c1-14-13-33-22-19(24-18(27)11-15-5-3-2-4-6-15)21(28)25(22)20(14)23(29)32-12-16-7-9-17(10-8-16)26(30)31/h2-10,19,22H,11-13H2,1H3,(H,24,27)/t19-,22-/m1/s1. The molecule has 10 heteroatoms. The minimum absolute atomic E-state index is 0.0534. The molecule has 0 spiro atoms. The molecule has 9 nitrogen and oxygen atoms in total. The number of nitro groups is 1. The molecule has 2 aromatic rings. The van der Waals surface area contributed by atoms with Crippen LogP contribution >= 0.6 is 11.8 Å². The summed E-state index contributed by atoms with van der Waals surface area (Å²) in [6.07, 6.45) is 0.168. The van der Waals surface area contributed by atoms with Gasteiger partial charge in [0.2, 0.25) is 5.91 Å². The number of hydrogen-bond acceptors (Lipinski definition) is 7. The molecule has 0 unspecified atom stereocenters. The number of esters is 1. The van der Waals surface area contributed by atoms with Crippen LogP contribution in [0.1, 0.15) is 18.1 Å². The fourth-order valence-electron chi connectivity index (χ4n) is 3.70. The predicted octanol–water partition coefficient (Wildman–Crippen LogP) is 2.55. The van der Waals surface area contributed by atoms with Gasteiger partial charge < -0.3 is 10.1 Å². The van der Waals surface area contributed by atoms with Gasteiger partial charge >= 0.3 is 5.97 Å². The molecule has 0 radical (unpaired) electrons. The fourth-order valence-corrected chi connectivity index (χ4v) is 4.99. The maximum Gasteiger partial charge on any atom is 0.355 e. The van der Waals surface area contributed by atoms with Crippen molar-refractivity contribution in [2.24, 2.45) is 0 Å². The van der Waals surface area contributed by atoms with Gasteiger partial charge in [-0.1, -0.05) is 30.3 Å². The molecule has 2 aliphatic heterocycles. The molecule has 2 heterocycles. The van der Waals surface area contributed by atoms with Crippen LogP contribution in [-0.4, -0.2) is 44.8 Å². The van der Waals surface area contributed by atoms with Gasteiger partial charge in [0, 0.05) is 17.9 Å². The minimum Gasteiger partial charge on any atom is -0.456 e. The molecule has 33 heavy (non-hydrogen) atoms. The van der Waals surface area contributed by atoms with Crippen LogP contribution in [-0.2, 0) is 32.1 Å². The predicted molar refractivity (Wildman–Crippen MR) is 121 cm³/mol. The van der Waals surface area contributed by atoms with Crippen LogP contribution in [0.15, 0.2) is 65.9 Å². The molecule has 2 aliphatic rings. The Morgan fingerprint density at radius 1 is 1.15 bits per heavy atom. The lowest BCUT2D eigenvalue weighted by molar-refractivity contribution is -0.384. The molecule has 1 N–H and O–H groups in total. The van der Waals surface area contributed by atoms with Crippen molar-refractivity contribution in [2.75, 3.05) is 5.75 Å². The van der Waals surface area contributed by atoms with Crippen molar-refractivity contribution in [3.8, 4) is 0 Å². The maximum atomic E-state index is 12.8. The molecule has 2 amide bonds. The number of β-lactam (4-membered cyclic amide) rings is 1. The van der Waals surface area contributed by atoms with Crippen LogP contribution in [0.3, 0.4) is 0 Å². The monoisotopic (exact) mass is 467 g/mol. The average molecular weight is 468 g/mol. The van der Waals surface area contributed by atoms with E-state index in [1.165, 1.54) is 40.9 Å². The number of ether oxygens (including phenoxy) is 1. The van der Waals surface area contributed by atoms with E-state index in [1.807, 2.05) is 30.3 Å². The van der Waals surface area contributed by atoms with Crippen LogP contribution in [0.4, 0.5) is 5.69 Å². The van der Waals surface area contributed by atoms with Crippen molar-refractivity contribution in [1.82, 2.24) is 10.2 Å². The Morgan fingerprint density at radius 3 is 2.52 bits per heavy atom. The number of amides is 2. The second-order valence-electron chi connectivity index (χ2n) is 7.75. The summed E-state index contributed by atoms with van der Waals surface area (Å²) < 4.78 is 5.38.